The molecule has 0 aliphatic carbocycles. The molecule has 26 heavy (non-hydrogen) atoms. The van der Waals surface area contributed by atoms with Crippen LogP contribution in [-0.2, 0) is 9.84 Å². The third-order valence-electron chi connectivity index (χ3n) is 4.22. The van der Waals surface area contributed by atoms with Crippen molar-refractivity contribution in [3.8, 4) is 11.5 Å². The molecular formula is C21H29NO3S. The molecule has 2 aromatic carbocycles. The Morgan fingerprint density at radius 1 is 0.885 bits per heavy atom. The molecule has 2 aromatic rings. The molecular weight excluding hydrogens is 346 g/mol. The van der Waals surface area contributed by atoms with Crippen molar-refractivity contribution in [3.05, 3.63) is 48.5 Å². The van der Waals surface area contributed by atoms with E-state index in [-0.39, 0.29) is 4.90 Å². The molecule has 0 aliphatic heterocycles. The fraction of sp³-hybridized carbons (Fsp3) is 0.429. The van der Waals surface area contributed by atoms with Crippen LogP contribution in [0.1, 0.15) is 39.5 Å². The van der Waals surface area contributed by atoms with Gasteiger partial charge in [0.25, 0.3) is 0 Å². The molecule has 5 heteroatoms. The van der Waals surface area contributed by atoms with Crippen LogP contribution in [0.25, 0.3) is 0 Å². The Morgan fingerprint density at radius 3 is 2.04 bits per heavy atom. The second-order valence-electron chi connectivity index (χ2n) is 6.49. The normalized spacial score (nSPS) is 11.3. The number of rotatable bonds is 10. The molecule has 0 heterocycles. The summed E-state index contributed by atoms with van der Waals surface area (Å²) in [4.78, 5) is 2.48. The highest BCUT2D eigenvalue weighted by atomic mass is 32.2. The van der Waals surface area contributed by atoms with E-state index in [0.717, 1.165) is 44.5 Å². The lowest BCUT2D eigenvalue weighted by Crippen LogP contribution is -2.26. The molecule has 0 spiro atoms. The molecule has 0 unspecified atom stereocenters. The average molecular weight is 376 g/mol. The number of sulfone groups is 1. The Morgan fingerprint density at radius 2 is 1.50 bits per heavy atom. The van der Waals surface area contributed by atoms with E-state index in [1.54, 1.807) is 12.1 Å². The number of ether oxygens (including phenoxy) is 1. The van der Waals surface area contributed by atoms with Gasteiger partial charge in [0.15, 0.2) is 15.6 Å². The predicted octanol–water partition coefficient (Wildman–Crippen LogP) is 5.29. The van der Waals surface area contributed by atoms with Gasteiger partial charge in [-0.15, -0.1) is 0 Å². The van der Waals surface area contributed by atoms with Gasteiger partial charge in [0.1, 0.15) is 10.6 Å². The van der Waals surface area contributed by atoms with Crippen molar-refractivity contribution >= 4 is 15.5 Å². The summed E-state index contributed by atoms with van der Waals surface area (Å²) in [5.41, 5.74) is 0.846. The highest BCUT2D eigenvalue weighted by Crippen LogP contribution is 2.38. The Balaban J connectivity index is 2.52. The van der Waals surface area contributed by atoms with E-state index in [4.69, 9.17) is 4.74 Å². The monoisotopic (exact) mass is 375 g/mol. The van der Waals surface area contributed by atoms with Crippen molar-refractivity contribution in [1.29, 1.82) is 0 Å². The van der Waals surface area contributed by atoms with Crippen molar-refractivity contribution in [3.63, 3.8) is 0 Å². The zero-order chi connectivity index (χ0) is 19.0. The van der Waals surface area contributed by atoms with E-state index in [0.29, 0.717) is 11.5 Å². The molecule has 0 atom stereocenters. The van der Waals surface area contributed by atoms with Gasteiger partial charge < -0.3 is 9.64 Å². The van der Waals surface area contributed by atoms with Gasteiger partial charge in [-0.2, -0.15) is 0 Å². The summed E-state index contributed by atoms with van der Waals surface area (Å²) in [5, 5.41) is 0. The molecule has 142 valence electrons. The van der Waals surface area contributed by atoms with Gasteiger partial charge in [0.2, 0.25) is 0 Å². The second kappa shape index (κ2) is 9.62. The van der Waals surface area contributed by atoms with Crippen LogP contribution in [-0.4, -0.2) is 27.8 Å². The van der Waals surface area contributed by atoms with Crippen LogP contribution in [0.4, 0.5) is 5.69 Å². The lowest BCUT2D eigenvalue weighted by molar-refractivity contribution is 0.465. The fourth-order valence-corrected chi connectivity index (χ4v) is 3.61. The van der Waals surface area contributed by atoms with Gasteiger partial charge in [-0.1, -0.05) is 51.0 Å². The first-order chi connectivity index (χ1) is 12.5. The SMILES string of the molecule is CCCCN(CCCC)c1cccc(S(C)(=O)=O)c1Oc1ccccc1. The maximum Gasteiger partial charge on any atom is 0.179 e. The molecule has 0 aromatic heterocycles. The number of para-hydroxylation sites is 2. The summed E-state index contributed by atoms with van der Waals surface area (Å²) < 4.78 is 30.8. The van der Waals surface area contributed by atoms with Crippen molar-refractivity contribution in [2.75, 3.05) is 24.2 Å². The smallest absolute Gasteiger partial charge is 0.179 e. The minimum absolute atomic E-state index is 0.233. The molecule has 0 saturated heterocycles. The molecule has 0 bridgehead atoms. The lowest BCUT2D eigenvalue weighted by atomic mass is 10.2. The average Bonchev–Trinajstić information content (AvgIpc) is 2.62. The largest absolute Gasteiger partial charge is 0.454 e. The van der Waals surface area contributed by atoms with Crippen LogP contribution < -0.4 is 9.64 Å². The van der Waals surface area contributed by atoms with Crippen LogP contribution in [0.2, 0.25) is 0 Å². The lowest BCUT2D eigenvalue weighted by Gasteiger charge is -2.27. The first kappa shape index (κ1) is 20.3. The molecule has 0 N–H and O–H groups in total. The number of nitrogens with zero attached hydrogens (tertiary/aromatic N) is 1. The maximum atomic E-state index is 12.3. The van der Waals surface area contributed by atoms with E-state index >= 15 is 0 Å². The quantitative estimate of drug-likeness (QED) is 0.566. The first-order valence-electron chi connectivity index (χ1n) is 9.28. The minimum Gasteiger partial charge on any atom is -0.454 e. The van der Waals surface area contributed by atoms with E-state index in [2.05, 4.69) is 18.7 Å². The van der Waals surface area contributed by atoms with Crippen LogP contribution in [0.15, 0.2) is 53.4 Å². The third kappa shape index (κ3) is 5.49. The first-order valence-corrected chi connectivity index (χ1v) is 11.2. The van der Waals surface area contributed by atoms with Gasteiger partial charge >= 0.3 is 0 Å². The minimum atomic E-state index is -3.40. The summed E-state index contributed by atoms with van der Waals surface area (Å²) >= 11 is 0. The summed E-state index contributed by atoms with van der Waals surface area (Å²) in [7, 11) is -3.40. The zero-order valence-corrected chi connectivity index (χ0v) is 16.8. The highest BCUT2D eigenvalue weighted by Gasteiger charge is 2.22. The molecule has 0 amide bonds. The molecule has 0 saturated carbocycles. The molecule has 0 fully saturated rings. The van der Waals surface area contributed by atoms with Crippen LogP contribution >= 0.6 is 0 Å². The number of anilines is 1. The Labute approximate surface area is 157 Å². The van der Waals surface area contributed by atoms with E-state index in [1.807, 2.05) is 36.4 Å². The molecule has 2 rings (SSSR count). The van der Waals surface area contributed by atoms with Crippen LogP contribution in [0.3, 0.4) is 0 Å². The van der Waals surface area contributed by atoms with Crippen LogP contribution in [0, 0.1) is 0 Å². The summed E-state index contributed by atoms with van der Waals surface area (Å²) in [6, 6.07) is 14.7. The van der Waals surface area contributed by atoms with Crippen molar-refractivity contribution in [1.82, 2.24) is 0 Å². The Hall–Kier alpha value is -2.01. The maximum absolute atomic E-state index is 12.3. The van der Waals surface area contributed by atoms with Gasteiger partial charge in [-0.05, 0) is 37.1 Å². The molecule has 4 nitrogen and oxygen atoms in total. The topological polar surface area (TPSA) is 46.6 Å². The van der Waals surface area contributed by atoms with Crippen molar-refractivity contribution < 1.29 is 13.2 Å². The van der Waals surface area contributed by atoms with Gasteiger partial charge in [-0.25, -0.2) is 8.42 Å². The number of unbranched alkanes of at least 4 members (excludes halogenated alkanes) is 2. The summed E-state index contributed by atoms with van der Waals surface area (Å²) in [6.45, 7) is 6.09. The fourth-order valence-electron chi connectivity index (χ4n) is 2.80. The molecule has 0 radical (unpaired) electrons. The van der Waals surface area contributed by atoms with Gasteiger partial charge in [0, 0.05) is 19.3 Å². The van der Waals surface area contributed by atoms with Crippen molar-refractivity contribution in [2.24, 2.45) is 0 Å². The van der Waals surface area contributed by atoms with Gasteiger partial charge in [0.05, 0.1) is 5.69 Å². The highest BCUT2D eigenvalue weighted by molar-refractivity contribution is 7.90. The Kier molecular flexibility index (Phi) is 7.51. The second-order valence-corrected chi connectivity index (χ2v) is 8.47. The predicted molar refractivity (Wildman–Crippen MR) is 108 cm³/mol. The Bertz CT molecular complexity index is 780. The zero-order valence-electron chi connectivity index (χ0n) is 15.9. The van der Waals surface area contributed by atoms with Crippen molar-refractivity contribution in [2.45, 2.75) is 44.4 Å². The van der Waals surface area contributed by atoms with Gasteiger partial charge in [-0.3, -0.25) is 0 Å². The number of hydrogen-bond donors (Lipinski definition) is 0. The summed E-state index contributed by atoms with van der Waals surface area (Å²) in [6.07, 6.45) is 5.51. The third-order valence-corrected chi connectivity index (χ3v) is 5.34. The van der Waals surface area contributed by atoms with E-state index in [1.165, 1.54) is 6.26 Å². The van der Waals surface area contributed by atoms with Crippen LogP contribution in [0.5, 0.6) is 11.5 Å². The number of hydrogen-bond acceptors (Lipinski definition) is 4. The summed E-state index contributed by atoms with van der Waals surface area (Å²) in [5.74, 6) is 1.06. The van der Waals surface area contributed by atoms with E-state index < -0.39 is 9.84 Å². The standard InChI is InChI=1S/C21H29NO3S/c1-4-6-16-22(17-7-5-2)19-14-11-15-20(26(3,23)24)21(19)25-18-12-9-8-10-13-18/h8-15H,4-7,16-17H2,1-3H3. The van der Waals surface area contributed by atoms with E-state index in [9.17, 15) is 8.42 Å². The molecule has 0 aliphatic rings. The number of benzene rings is 2.